The van der Waals surface area contributed by atoms with Gasteiger partial charge in [-0.3, -0.25) is 9.59 Å². The van der Waals surface area contributed by atoms with Gasteiger partial charge >= 0.3 is 11.9 Å². The van der Waals surface area contributed by atoms with Crippen LogP contribution in [-0.2, 0) is 14.3 Å². The molecule has 1 N–H and O–H groups in total. The van der Waals surface area contributed by atoms with Gasteiger partial charge in [-0.2, -0.15) is 0 Å². The minimum absolute atomic E-state index is 0.108. The van der Waals surface area contributed by atoms with Gasteiger partial charge in [0.05, 0.1) is 0 Å². The van der Waals surface area contributed by atoms with Gasteiger partial charge in [0.15, 0.2) is 0 Å². The summed E-state index contributed by atoms with van der Waals surface area (Å²) in [5.74, 6) is -0.790. The molecular formula is C22H40O4. The molecular weight excluding hydrogens is 328 g/mol. The van der Waals surface area contributed by atoms with E-state index in [2.05, 4.69) is 40.3 Å². The van der Waals surface area contributed by atoms with Crippen molar-refractivity contribution in [1.29, 1.82) is 0 Å². The van der Waals surface area contributed by atoms with Gasteiger partial charge in [-0.1, -0.05) is 57.8 Å². The number of hydrogen-bond acceptors (Lipinski definition) is 3. The number of rotatable bonds is 13. The van der Waals surface area contributed by atoms with Crippen molar-refractivity contribution in [3.8, 4) is 0 Å². The fraction of sp³-hybridized carbons (Fsp3) is 0.727. The van der Waals surface area contributed by atoms with Gasteiger partial charge in [0.1, 0.15) is 5.60 Å². The first-order valence-electron chi connectivity index (χ1n) is 9.91. The van der Waals surface area contributed by atoms with Gasteiger partial charge in [0.25, 0.3) is 0 Å². The largest absolute Gasteiger partial charge is 0.481 e. The molecule has 0 aliphatic rings. The maximum Gasteiger partial charge on any atom is 0.306 e. The molecule has 0 saturated heterocycles. The minimum atomic E-state index is -0.682. The summed E-state index contributed by atoms with van der Waals surface area (Å²) >= 11 is 0. The Morgan fingerprint density at radius 1 is 1.04 bits per heavy atom. The zero-order valence-electron chi connectivity index (χ0n) is 17.6. The number of carbonyl (C=O) groups excluding carboxylic acids is 1. The number of hydrogen-bond donors (Lipinski definition) is 1. The molecule has 0 fully saturated rings. The van der Waals surface area contributed by atoms with Crippen LogP contribution in [0.4, 0.5) is 0 Å². The van der Waals surface area contributed by atoms with Crippen LogP contribution < -0.4 is 0 Å². The van der Waals surface area contributed by atoms with Crippen LogP contribution in [0.2, 0.25) is 0 Å². The maximum atomic E-state index is 11.7. The summed E-state index contributed by atoms with van der Waals surface area (Å²) in [5.41, 5.74) is 0.755. The highest BCUT2D eigenvalue weighted by Crippen LogP contribution is 2.21. The van der Waals surface area contributed by atoms with E-state index in [0.717, 1.165) is 51.4 Å². The van der Waals surface area contributed by atoms with Crippen molar-refractivity contribution in [3.05, 3.63) is 24.3 Å². The summed E-state index contributed by atoms with van der Waals surface area (Å²) in [6.07, 6.45) is 12.5. The van der Waals surface area contributed by atoms with Crippen LogP contribution in [0, 0.1) is 0 Å². The first-order valence-corrected chi connectivity index (χ1v) is 9.91. The number of allylic oxidation sites excluding steroid dienone is 2. The molecule has 4 heteroatoms. The zero-order valence-corrected chi connectivity index (χ0v) is 17.6. The molecule has 0 aliphatic carbocycles. The highest BCUT2D eigenvalue weighted by atomic mass is 16.6. The number of carbonyl (C=O) groups is 2. The fourth-order valence-electron chi connectivity index (χ4n) is 2.20. The lowest BCUT2D eigenvalue weighted by Crippen LogP contribution is -2.29. The smallest absolute Gasteiger partial charge is 0.306 e. The van der Waals surface area contributed by atoms with Crippen molar-refractivity contribution in [2.24, 2.45) is 0 Å². The molecule has 0 bridgehead atoms. The second kappa shape index (κ2) is 16.9. The van der Waals surface area contributed by atoms with Crippen LogP contribution in [0.25, 0.3) is 0 Å². The molecule has 4 nitrogen and oxygen atoms in total. The third-order valence-corrected chi connectivity index (χ3v) is 3.95. The molecule has 0 amide bonds. The molecule has 0 aromatic carbocycles. The van der Waals surface area contributed by atoms with Crippen molar-refractivity contribution in [3.63, 3.8) is 0 Å². The van der Waals surface area contributed by atoms with Crippen LogP contribution in [0.5, 0.6) is 0 Å². The zero-order chi connectivity index (χ0) is 20.4. The topological polar surface area (TPSA) is 63.6 Å². The van der Waals surface area contributed by atoms with Crippen LogP contribution in [0.3, 0.4) is 0 Å². The lowest BCUT2D eigenvalue weighted by atomic mass is 9.99. The molecule has 0 aliphatic heterocycles. The Kier molecular flexibility index (Phi) is 17.3. The van der Waals surface area contributed by atoms with Gasteiger partial charge in [0, 0.05) is 12.8 Å². The summed E-state index contributed by atoms with van der Waals surface area (Å²) in [7, 11) is 0. The molecule has 0 aromatic rings. The number of carboxylic acid groups (broad SMARTS) is 1. The molecule has 0 saturated carbocycles. The van der Waals surface area contributed by atoms with Crippen molar-refractivity contribution in [1.82, 2.24) is 0 Å². The van der Waals surface area contributed by atoms with Crippen LogP contribution >= 0.6 is 0 Å². The first kappa shape index (κ1) is 26.6. The summed E-state index contributed by atoms with van der Waals surface area (Å²) in [6.45, 7) is 14.0. The Morgan fingerprint density at radius 3 is 2.00 bits per heavy atom. The highest BCUT2D eigenvalue weighted by molar-refractivity contribution is 5.70. The highest BCUT2D eigenvalue weighted by Gasteiger charge is 2.23. The second-order valence-corrected chi connectivity index (χ2v) is 7.12. The van der Waals surface area contributed by atoms with Crippen molar-refractivity contribution in [2.75, 3.05) is 0 Å². The first-order chi connectivity index (χ1) is 12.2. The number of aliphatic carboxylic acids is 1. The molecule has 152 valence electrons. The molecule has 0 heterocycles. The van der Waals surface area contributed by atoms with Gasteiger partial charge < -0.3 is 9.84 Å². The number of ether oxygens (including phenoxy) is 1. The van der Waals surface area contributed by atoms with E-state index in [-0.39, 0.29) is 5.97 Å². The normalized spacial score (nSPS) is 12.2. The molecule has 0 aromatic heterocycles. The molecule has 1 unspecified atom stereocenters. The van der Waals surface area contributed by atoms with Gasteiger partial charge in [-0.05, 0) is 52.5 Å². The van der Waals surface area contributed by atoms with E-state index >= 15 is 0 Å². The van der Waals surface area contributed by atoms with Crippen molar-refractivity contribution in [2.45, 2.75) is 104 Å². The summed E-state index contributed by atoms with van der Waals surface area (Å²) < 4.78 is 5.53. The van der Waals surface area contributed by atoms with Crippen molar-refractivity contribution < 1.29 is 19.4 Å². The number of unbranched alkanes of at least 4 members (excludes halogenated alkanes) is 4. The maximum absolute atomic E-state index is 11.7. The summed E-state index contributed by atoms with van der Waals surface area (Å²) in [6, 6.07) is 0. The summed E-state index contributed by atoms with van der Waals surface area (Å²) in [4.78, 5) is 21.6. The molecule has 26 heavy (non-hydrogen) atoms. The second-order valence-electron chi connectivity index (χ2n) is 7.12. The van der Waals surface area contributed by atoms with E-state index in [1.165, 1.54) is 5.57 Å². The quantitative estimate of drug-likeness (QED) is 0.230. The van der Waals surface area contributed by atoms with E-state index in [1.54, 1.807) is 6.08 Å². The third kappa shape index (κ3) is 18.8. The standard InChI is InChI=1S/C16H28O2.C6H12O2/c1-6-8-9-12-15(17)18-16(5,7-2)13-10-11-14(3)4;1-2-3-4-5-6(7)8/h7,11H,2,6,8-10,12-13H2,1,3-5H3;2-5H2,1H3,(H,7,8). The van der Waals surface area contributed by atoms with Crippen molar-refractivity contribution >= 4 is 11.9 Å². The average Bonchev–Trinajstić information content (AvgIpc) is 2.55. The van der Waals surface area contributed by atoms with Gasteiger partial charge in [-0.15, -0.1) is 0 Å². The molecule has 0 spiro atoms. The lowest BCUT2D eigenvalue weighted by molar-refractivity contribution is -0.154. The SMILES string of the molecule is C=CC(C)(CCC=C(C)C)OC(=O)CCCCC.CCCCCC(=O)O. The third-order valence-electron chi connectivity index (χ3n) is 3.95. The molecule has 0 radical (unpaired) electrons. The Hall–Kier alpha value is -1.58. The number of carboxylic acids is 1. The van der Waals surface area contributed by atoms with Gasteiger partial charge in [0.2, 0.25) is 0 Å². The lowest BCUT2D eigenvalue weighted by Gasteiger charge is -2.25. The van der Waals surface area contributed by atoms with Gasteiger partial charge in [-0.25, -0.2) is 0 Å². The Morgan fingerprint density at radius 2 is 1.58 bits per heavy atom. The molecule has 1 atom stereocenters. The Bertz CT molecular complexity index is 422. The van der Waals surface area contributed by atoms with E-state index in [4.69, 9.17) is 9.84 Å². The van der Waals surface area contributed by atoms with E-state index < -0.39 is 11.6 Å². The average molecular weight is 369 g/mol. The predicted octanol–water partition coefficient (Wildman–Crippen LogP) is 6.45. The Labute approximate surface area is 160 Å². The monoisotopic (exact) mass is 368 g/mol. The number of esters is 1. The van der Waals surface area contributed by atoms with E-state index in [0.29, 0.717) is 12.8 Å². The fourth-order valence-corrected chi connectivity index (χ4v) is 2.20. The predicted molar refractivity (Wildman–Crippen MR) is 109 cm³/mol. The van der Waals surface area contributed by atoms with E-state index in [9.17, 15) is 9.59 Å². The van der Waals surface area contributed by atoms with E-state index in [1.807, 2.05) is 6.92 Å². The Balaban J connectivity index is 0. The summed E-state index contributed by atoms with van der Waals surface area (Å²) in [5, 5.41) is 8.14. The minimum Gasteiger partial charge on any atom is -0.481 e. The van der Waals surface area contributed by atoms with Crippen LogP contribution in [-0.4, -0.2) is 22.6 Å². The van der Waals surface area contributed by atoms with Crippen LogP contribution in [0.15, 0.2) is 24.3 Å². The molecule has 0 rings (SSSR count). The van der Waals surface area contributed by atoms with Crippen LogP contribution in [0.1, 0.15) is 98.8 Å².